The molecule has 2 aromatic rings. The summed E-state index contributed by atoms with van der Waals surface area (Å²) in [4.78, 5) is 25.5. The van der Waals surface area contributed by atoms with Crippen molar-refractivity contribution < 1.29 is 14.3 Å². The number of hydrogen-bond acceptors (Lipinski definition) is 3. The van der Waals surface area contributed by atoms with Crippen LogP contribution < -0.4 is 0 Å². The molecule has 2 amide bonds. The topological polar surface area (TPSA) is 46.6 Å². The van der Waals surface area contributed by atoms with Gasteiger partial charge in [0.2, 0.25) is 0 Å². The van der Waals surface area contributed by atoms with Crippen LogP contribution in [0.3, 0.4) is 0 Å². The Bertz CT molecular complexity index is 677. The SMILES string of the molecule is COCCCCCCN1C(=O)c2ccccc2C1=O.Cc1ccccc1. The van der Waals surface area contributed by atoms with Crippen molar-refractivity contribution in [2.24, 2.45) is 0 Å². The summed E-state index contributed by atoms with van der Waals surface area (Å²) in [6, 6.07) is 17.3. The lowest BCUT2D eigenvalue weighted by Crippen LogP contribution is -2.30. The highest BCUT2D eigenvalue weighted by Gasteiger charge is 2.34. The van der Waals surface area contributed by atoms with Crippen LogP contribution in [0.5, 0.6) is 0 Å². The largest absolute Gasteiger partial charge is 0.385 e. The lowest BCUT2D eigenvalue weighted by Gasteiger charge is -2.13. The average Bonchev–Trinajstić information content (AvgIpc) is 2.91. The summed E-state index contributed by atoms with van der Waals surface area (Å²) in [6.07, 6.45) is 3.96. The van der Waals surface area contributed by atoms with Gasteiger partial charge in [0.25, 0.3) is 11.8 Å². The molecule has 4 nitrogen and oxygen atoms in total. The first kappa shape index (κ1) is 19.9. The molecule has 0 atom stereocenters. The van der Waals surface area contributed by atoms with Crippen LogP contribution in [0.1, 0.15) is 52.0 Å². The molecule has 138 valence electrons. The van der Waals surface area contributed by atoms with Gasteiger partial charge in [-0.15, -0.1) is 0 Å². The van der Waals surface area contributed by atoms with Gasteiger partial charge < -0.3 is 4.74 Å². The van der Waals surface area contributed by atoms with Crippen molar-refractivity contribution in [2.75, 3.05) is 20.3 Å². The molecule has 0 fully saturated rings. The minimum absolute atomic E-state index is 0.155. The fourth-order valence-corrected chi connectivity index (χ4v) is 2.85. The number of carbonyl (C=O) groups excluding carboxylic acids is 2. The Morgan fingerprint density at radius 3 is 1.81 bits per heavy atom. The van der Waals surface area contributed by atoms with Gasteiger partial charge in [0.15, 0.2) is 0 Å². The van der Waals surface area contributed by atoms with Crippen LogP contribution in [0.4, 0.5) is 0 Å². The number of unbranched alkanes of at least 4 members (excludes halogenated alkanes) is 3. The lowest BCUT2D eigenvalue weighted by atomic mass is 10.1. The molecule has 0 saturated carbocycles. The molecule has 1 aliphatic rings. The van der Waals surface area contributed by atoms with Gasteiger partial charge in [0, 0.05) is 20.3 Å². The Morgan fingerprint density at radius 2 is 1.31 bits per heavy atom. The number of benzene rings is 2. The average molecular weight is 353 g/mol. The summed E-state index contributed by atoms with van der Waals surface area (Å²) in [6.45, 7) is 3.37. The van der Waals surface area contributed by atoms with Crippen molar-refractivity contribution in [1.82, 2.24) is 4.90 Å². The molecule has 0 aliphatic carbocycles. The predicted octanol–water partition coefficient (Wildman–Crippen LogP) is 4.48. The number of fused-ring (bicyclic) bond motifs is 1. The van der Waals surface area contributed by atoms with E-state index in [9.17, 15) is 9.59 Å². The number of methoxy groups -OCH3 is 1. The summed E-state index contributed by atoms with van der Waals surface area (Å²) < 4.78 is 4.98. The number of ether oxygens (including phenoxy) is 1. The molecular weight excluding hydrogens is 326 g/mol. The molecule has 1 aliphatic heterocycles. The third kappa shape index (κ3) is 5.53. The van der Waals surface area contributed by atoms with Gasteiger partial charge in [-0.2, -0.15) is 0 Å². The van der Waals surface area contributed by atoms with Crippen LogP contribution in [0.2, 0.25) is 0 Å². The van der Waals surface area contributed by atoms with E-state index in [0.717, 1.165) is 32.3 Å². The number of imide groups is 1. The number of aryl methyl sites for hydroxylation is 1. The highest BCUT2D eigenvalue weighted by molar-refractivity contribution is 6.21. The van der Waals surface area contributed by atoms with E-state index in [-0.39, 0.29) is 11.8 Å². The fraction of sp³-hybridized carbons (Fsp3) is 0.364. The molecule has 3 rings (SSSR count). The molecule has 2 aromatic carbocycles. The van der Waals surface area contributed by atoms with E-state index < -0.39 is 0 Å². The minimum Gasteiger partial charge on any atom is -0.385 e. The predicted molar refractivity (Wildman–Crippen MR) is 103 cm³/mol. The first-order valence-electron chi connectivity index (χ1n) is 9.11. The van der Waals surface area contributed by atoms with Gasteiger partial charge in [-0.3, -0.25) is 14.5 Å². The third-order valence-corrected chi connectivity index (χ3v) is 4.30. The van der Waals surface area contributed by atoms with E-state index in [4.69, 9.17) is 4.74 Å². The Hall–Kier alpha value is -2.46. The maximum Gasteiger partial charge on any atom is 0.261 e. The maximum absolute atomic E-state index is 12.1. The van der Waals surface area contributed by atoms with Crippen molar-refractivity contribution in [3.05, 3.63) is 71.3 Å². The Kier molecular flexibility index (Phi) is 8.03. The van der Waals surface area contributed by atoms with Gasteiger partial charge in [-0.1, -0.05) is 60.9 Å². The molecule has 0 N–H and O–H groups in total. The zero-order chi connectivity index (χ0) is 18.8. The van der Waals surface area contributed by atoms with Gasteiger partial charge in [0.05, 0.1) is 11.1 Å². The van der Waals surface area contributed by atoms with Gasteiger partial charge in [-0.25, -0.2) is 0 Å². The third-order valence-electron chi connectivity index (χ3n) is 4.30. The van der Waals surface area contributed by atoms with Crippen LogP contribution in [-0.4, -0.2) is 37.0 Å². The lowest BCUT2D eigenvalue weighted by molar-refractivity contribution is 0.0651. The molecular formula is C22H27NO3. The molecule has 0 aromatic heterocycles. The number of amides is 2. The molecule has 0 radical (unpaired) electrons. The number of hydrogen-bond donors (Lipinski definition) is 0. The van der Waals surface area contributed by atoms with E-state index in [1.54, 1.807) is 31.4 Å². The van der Waals surface area contributed by atoms with Crippen molar-refractivity contribution in [3.63, 3.8) is 0 Å². The minimum atomic E-state index is -0.155. The molecule has 26 heavy (non-hydrogen) atoms. The van der Waals surface area contributed by atoms with E-state index >= 15 is 0 Å². The van der Waals surface area contributed by atoms with Crippen LogP contribution in [0, 0.1) is 6.92 Å². The fourth-order valence-electron chi connectivity index (χ4n) is 2.85. The molecule has 4 heteroatoms. The zero-order valence-corrected chi connectivity index (χ0v) is 15.6. The first-order chi connectivity index (χ1) is 12.6. The Balaban J connectivity index is 0.000000290. The number of rotatable bonds is 7. The molecule has 0 spiro atoms. The zero-order valence-electron chi connectivity index (χ0n) is 15.6. The van der Waals surface area contributed by atoms with E-state index in [0.29, 0.717) is 17.7 Å². The Morgan fingerprint density at radius 1 is 0.769 bits per heavy atom. The second-order valence-corrected chi connectivity index (χ2v) is 6.37. The van der Waals surface area contributed by atoms with Crippen LogP contribution >= 0.6 is 0 Å². The highest BCUT2D eigenvalue weighted by atomic mass is 16.5. The molecule has 0 bridgehead atoms. The van der Waals surface area contributed by atoms with Crippen LogP contribution in [0.25, 0.3) is 0 Å². The van der Waals surface area contributed by atoms with Gasteiger partial charge in [-0.05, 0) is 31.9 Å². The Labute approximate surface area is 155 Å². The smallest absolute Gasteiger partial charge is 0.261 e. The second-order valence-electron chi connectivity index (χ2n) is 6.37. The second kappa shape index (κ2) is 10.5. The van der Waals surface area contributed by atoms with Gasteiger partial charge in [0.1, 0.15) is 0 Å². The van der Waals surface area contributed by atoms with Gasteiger partial charge >= 0.3 is 0 Å². The maximum atomic E-state index is 12.1. The normalized spacial score (nSPS) is 12.6. The van der Waals surface area contributed by atoms with E-state index in [2.05, 4.69) is 19.1 Å². The number of nitrogens with zero attached hydrogens (tertiary/aromatic N) is 1. The van der Waals surface area contributed by atoms with Crippen molar-refractivity contribution in [1.29, 1.82) is 0 Å². The number of carbonyl (C=O) groups is 2. The van der Waals surface area contributed by atoms with Crippen molar-refractivity contribution in [2.45, 2.75) is 32.6 Å². The van der Waals surface area contributed by atoms with Crippen molar-refractivity contribution >= 4 is 11.8 Å². The summed E-state index contributed by atoms with van der Waals surface area (Å²) >= 11 is 0. The quantitative estimate of drug-likeness (QED) is 0.544. The van der Waals surface area contributed by atoms with E-state index in [1.807, 2.05) is 18.2 Å². The molecule has 0 unspecified atom stereocenters. The highest BCUT2D eigenvalue weighted by Crippen LogP contribution is 2.22. The molecule has 0 saturated heterocycles. The summed E-state index contributed by atoms with van der Waals surface area (Å²) in [5.74, 6) is -0.310. The monoisotopic (exact) mass is 353 g/mol. The standard InChI is InChI=1S/C15H19NO3.C7H8/c1-19-11-7-3-2-6-10-16-14(17)12-8-4-5-9-13(12)15(16)18;1-7-5-3-2-4-6-7/h4-5,8-9H,2-3,6-7,10-11H2,1H3;2-6H,1H3. The van der Waals surface area contributed by atoms with Crippen LogP contribution in [-0.2, 0) is 4.74 Å². The molecule has 1 heterocycles. The van der Waals surface area contributed by atoms with Crippen LogP contribution in [0.15, 0.2) is 54.6 Å². The van der Waals surface area contributed by atoms with Crippen molar-refractivity contribution in [3.8, 4) is 0 Å². The van der Waals surface area contributed by atoms with E-state index in [1.165, 1.54) is 10.5 Å². The summed E-state index contributed by atoms with van der Waals surface area (Å²) in [5, 5.41) is 0. The summed E-state index contributed by atoms with van der Waals surface area (Å²) in [5.41, 5.74) is 2.39. The first-order valence-corrected chi connectivity index (χ1v) is 9.11. The summed E-state index contributed by atoms with van der Waals surface area (Å²) in [7, 11) is 1.69.